The van der Waals surface area contributed by atoms with Crippen molar-refractivity contribution in [1.82, 2.24) is 5.32 Å². The van der Waals surface area contributed by atoms with Crippen LogP contribution in [-0.4, -0.2) is 29.8 Å². The molecule has 3 aromatic carbocycles. The molecule has 7 nitrogen and oxygen atoms in total. The second-order valence-electron chi connectivity index (χ2n) is 9.90. The van der Waals surface area contributed by atoms with Gasteiger partial charge in [0.15, 0.2) is 0 Å². The van der Waals surface area contributed by atoms with Gasteiger partial charge in [0.2, 0.25) is 0 Å². The summed E-state index contributed by atoms with van der Waals surface area (Å²) in [7, 11) is 0. The minimum absolute atomic E-state index is 0.101. The summed E-state index contributed by atoms with van der Waals surface area (Å²) in [5.41, 5.74) is 3.72. The molecule has 0 radical (unpaired) electrons. The Bertz CT molecular complexity index is 1310. The van der Waals surface area contributed by atoms with Crippen molar-refractivity contribution in [2.75, 3.05) is 6.61 Å². The summed E-state index contributed by atoms with van der Waals surface area (Å²) in [6, 6.07) is 19.0. The summed E-state index contributed by atoms with van der Waals surface area (Å²) < 4.78 is 16.6. The van der Waals surface area contributed by atoms with Crippen LogP contribution >= 0.6 is 11.6 Å². The molecule has 0 bridgehead atoms. The normalized spacial score (nSPS) is 20.5. The summed E-state index contributed by atoms with van der Waals surface area (Å²) >= 11 is 6.42. The highest BCUT2D eigenvalue weighted by atomic mass is 35.5. The molecule has 5 rings (SSSR count). The lowest BCUT2D eigenvalue weighted by molar-refractivity contribution is 0.0326. The highest BCUT2D eigenvalue weighted by molar-refractivity contribution is 6.32. The van der Waals surface area contributed by atoms with Crippen LogP contribution in [0.3, 0.4) is 0 Å². The fourth-order valence-electron chi connectivity index (χ4n) is 5.21. The molecule has 3 aromatic rings. The van der Waals surface area contributed by atoms with E-state index in [1.807, 2.05) is 0 Å². The van der Waals surface area contributed by atoms with Gasteiger partial charge < -0.3 is 24.6 Å². The average Bonchev–Trinajstić information content (AvgIpc) is 2.90. The number of rotatable bonds is 6. The Labute approximate surface area is 226 Å². The molecule has 1 heterocycles. The van der Waals surface area contributed by atoms with Gasteiger partial charge in [-0.25, -0.2) is 4.79 Å². The quantitative estimate of drug-likeness (QED) is 0.319. The third-order valence-corrected chi connectivity index (χ3v) is 7.49. The summed E-state index contributed by atoms with van der Waals surface area (Å²) in [5.74, 6) is 1.70. The number of carboxylic acid groups (broad SMARTS) is 1. The number of carbonyl (C=O) groups excluding carboxylic acids is 1. The molecule has 8 heteroatoms. The van der Waals surface area contributed by atoms with Crippen molar-refractivity contribution in [3.8, 4) is 17.2 Å². The van der Waals surface area contributed by atoms with E-state index in [4.69, 9.17) is 30.9 Å². The van der Waals surface area contributed by atoms with Gasteiger partial charge in [-0.2, -0.15) is 0 Å². The molecule has 0 saturated heterocycles. The molecule has 2 N–H and O–H groups in total. The van der Waals surface area contributed by atoms with E-state index in [0.29, 0.717) is 52.3 Å². The number of hydrogen-bond donors (Lipinski definition) is 2. The molecule has 1 saturated carbocycles. The molecular formula is C30H30ClNO6. The van der Waals surface area contributed by atoms with Crippen molar-refractivity contribution in [2.45, 2.75) is 57.1 Å². The van der Waals surface area contributed by atoms with E-state index in [0.717, 1.165) is 25.7 Å². The number of nitrogens with one attached hydrogen (secondary N) is 1. The maximum atomic E-state index is 12.9. The number of ether oxygens (including phenoxy) is 3. The van der Waals surface area contributed by atoms with Crippen LogP contribution in [0.15, 0.2) is 60.7 Å². The number of fused-ring (bicyclic) bond motifs is 1. The molecule has 198 valence electrons. The first-order valence-corrected chi connectivity index (χ1v) is 13.2. The summed E-state index contributed by atoms with van der Waals surface area (Å²) in [6.07, 6.45) is 2.57. The lowest BCUT2D eigenvalue weighted by Gasteiger charge is -2.30. The van der Waals surface area contributed by atoms with E-state index in [-0.39, 0.29) is 11.9 Å². The highest BCUT2D eigenvalue weighted by Gasteiger charge is 2.27. The van der Waals surface area contributed by atoms with E-state index in [1.54, 1.807) is 36.4 Å². The number of amides is 1. The molecular weight excluding hydrogens is 506 g/mol. The third-order valence-electron chi connectivity index (χ3n) is 7.19. The largest absolute Gasteiger partial charge is 0.506 e. The first-order chi connectivity index (χ1) is 18.4. The number of aryl methyl sites for hydroxylation is 1. The smallest absolute Gasteiger partial charge is 0.493 e. The van der Waals surface area contributed by atoms with Crippen LogP contribution in [0.1, 0.15) is 71.2 Å². The van der Waals surface area contributed by atoms with Crippen LogP contribution in [0, 0.1) is 6.92 Å². The van der Waals surface area contributed by atoms with Crippen molar-refractivity contribution in [1.29, 1.82) is 0 Å². The predicted molar refractivity (Wildman–Crippen MR) is 144 cm³/mol. The molecule has 1 fully saturated rings. The first kappa shape index (κ1) is 25.9. The van der Waals surface area contributed by atoms with Crippen LogP contribution in [0.4, 0.5) is 4.79 Å². The first-order valence-electron chi connectivity index (χ1n) is 12.9. The van der Waals surface area contributed by atoms with E-state index in [9.17, 15) is 9.59 Å². The molecule has 1 amide bonds. The Kier molecular flexibility index (Phi) is 7.74. The van der Waals surface area contributed by atoms with Crippen molar-refractivity contribution in [3.63, 3.8) is 0 Å². The maximum absolute atomic E-state index is 12.9. The lowest BCUT2D eigenvalue weighted by Crippen LogP contribution is -2.37. The summed E-state index contributed by atoms with van der Waals surface area (Å²) in [4.78, 5) is 23.9. The molecule has 38 heavy (non-hydrogen) atoms. The SMILES string of the molecule is Cc1ccc(C2CCCC(NC(=O)c3ccc(Oc4cc5c(cc4Cl)C(OC(=O)O)CCO5)cc3)C2)cc1. The molecule has 3 atom stereocenters. The maximum Gasteiger partial charge on any atom is 0.506 e. The zero-order chi connectivity index (χ0) is 26.6. The fraction of sp³-hybridized carbons (Fsp3) is 0.333. The van der Waals surface area contributed by atoms with E-state index < -0.39 is 12.3 Å². The molecule has 3 unspecified atom stereocenters. The molecule has 1 aliphatic carbocycles. The van der Waals surface area contributed by atoms with Crippen LogP contribution < -0.4 is 14.8 Å². The highest BCUT2D eigenvalue weighted by Crippen LogP contribution is 2.42. The van der Waals surface area contributed by atoms with Gasteiger partial charge in [-0.3, -0.25) is 4.79 Å². The summed E-state index contributed by atoms with van der Waals surface area (Å²) in [5, 5.41) is 12.5. The number of hydrogen-bond acceptors (Lipinski definition) is 5. The fourth-order valence-corrected chi connectivity index (χ4v) is 5.42. The summed E-state index contributed by atoms with van der Waals surface area (Å²) in [6.45, 7) is 2.41. The van der Waals surface area contributed by atoms with Gasteiger partial charge in [-0.05, 0) is 68.0 Å². The third kappa shape index (κ3) is 6.05. The molecule has 0 spiro atoms. The van der Waals surface area contributed by atoms with Crippen LogP contribution in [0.2, 0.25) is 5.02 Å². The Morgan fingerprint density at radius 1 is 1.03 bits per heavy atom. The Hall–Kier alpha value is -3.71. The van der Waals surface area contributed by atoms with Crippen molar-refractivity contribution >= 4 is 23.7 Å². The van der Waals surface area contributed by atoms with Gasteiger partial charge in [0.1, 0.15) is 23.4 Å². The Morgan fingerprint density at radius 3 is 2.53 bits per heavy atom. The van der Waals surface area contributed by atoms with E-state index in [2.05, 4.69) is 36.5 Å². The predicted octanol–water partition coefficient (Wildman–Crippen LogP) is 7.42. The zero-order valence-electron chi connectivity index (χ0n) is 21.1. The van der Waals surface area contributed by atoms with Gasteiger partial charge in [-0.1, -0.05) is 47.9 Å². The van der Waals surface area contributed by atoms with Gasteiger partial charge in [0.05, 0.1) is 11.6 Å². The Balaban J connectivity index is 1.21. The van der Waals surface area contributed by atoms with Gasteiger partial charge in [-0.15, -0.1) is 0 Å². The van der Waals surface area contributed by atoms with E-state index >= 15 is 0 Å². The van der Waals surface area contributed by atoms with Gasteiger partial charge in [0, 0.05) is 29.7 Å². The Morgan fingerprint density at radius 2 is 1.79 bits per heavy atom. The topological polar surface area (TPSA) is 94.1 Å². The van der Waals surface area contributed by atoms with Gasteiger partial charge >= 0.3 is 6.16 Å². The van der Waals surface area contributed by atoms with Crippen LogP contribution in [0.5, 0.6) is 17.2 Å². The van der Waals surface area contributed by atoms with Crippen LogP contribution in [-0.2, 0) is 4.74 Å². The van der Waals surface area contributed by atoms with Crippen LogP contribution in [0.25, 0.3) is 0 Å². The monoisotopic (exact) mass is 535 g/mol. The van der Waals surface area contributed by atoms with Gasteiger partial charge in [0.25, 0.3) is 5.91 Å². The molecule has 0 aromatic heterocycles. The van der Waals surface area contributed by atoms with Crippen molar-refractivity contribution in [2.24, 2.45) is 0 Å². The van der Waals surface area contributed by atoms with Crippen molar-refractivity contribution in [3.05, 3.63) is 87.9 Å². The number of carbonyl (C=O) groups is 2. The molecule has 1 aliphatic heterocycles. The second kappa shape index (κ2) is 11.4. The minimum atomic E-state index is -1.35. The number of halogens is 1. The molecule has 2 aliphatic rings. The van der Waals surface area contributed by atoms with Crippen molar-refractivity contribution < 1.29 is 28.9 Å². The lowest BCUT2D eigenvalue weighted by atomic mass is 9.81. The standard InChI is InChI=1S/C30H30ClNO6/c1-18-5-7-19(8-6-18)21-3-2-4-22(15-21)32-29(33)20-9-11-23(12-10-20)37-28-17-27-24(16-25(28)31)26(13-14-36-27)38-30(34)35/h5-12,16-17,21-22,26H,2-4,13-15H2,1H3,(H,32,33)(H,34,35). The second-order valence-corrected chi connectivity index (χ2v) is 10.3. The van der Waals surface area contributed by atoms with E-state index in [1.165, 1.54) is 11.1 Å². The zero-order valence-corrected chi connectivity index (χ0v) is 21.9. The number of benzene rings is 3. The minimum Gasteiger partial charge on any atom is -0.493 e. The average molecular weight is 536 g/mol.